The molecule has 1 aromatic rings. The second kappa shape index (κ2) is 9.01. The van der Waals surface area contributed by atoms with Gasteiger partial charge >= 0.3 is 6.01 Å². The Balaban J connectivity index is 1.41. The Labute approximate surface area is 161 Å². The number of hydrogen-bond acceptors (Lipinski definition) is 8. The van der Waals surface area contributed by atoms with E-state index in [1.165, 1.54) is 32.1 Å². The molecule has 1 atom stereocenters. The van der Waals surface area contributed by atoms with Crippen LogP contribution in [0.2, 0.25) is 0 Å². The zero-order valence-corrected chi connectivity index (χ0v) is 16.5. The van der Waals surface area contributed by atoms with Crippen molar-refractivity contribution >= 4 is 11.9 Å². The van der Waals surface area contributed by atoms with E-state index in [-0.39, 0.29) is 0 Å². The molecule has 0 N–H and O–H groups in total. The molecule has 0 radical (unpaired) electrons. The number of hydrogen-bond donors (Lipinski definition) is 0. The van der Waals surface area contributed by atoms with E-state index in [0.717, 1.165) is 70.9 Å². The number of anilines is 2. The molecule has 0 amide bonds. The largest absolute Gasteiger partial charge is 0.467 e. The molecule has 3 aliphatic heterocycles. The van der Waals surface area contributed by atoms with Crippen LogP contribution in [-0.2, 0) is 4.74 Å². The molecule has 0 aliphatic carbocycles. The molecule has 3 fully saturated rings. The summed E-state index contributed by atoms with van der Waals surface area (Å²) in [5, 5.41) is 0. The SMILES string of the molecule is COc1nc(N2CCCCCC2)nc(N2CCN(CC3CCOC3)CC2)n1. The molecule has 4 rings (SSSR count). The molecule has 0 aromatic carbocycles. The summed E-state index contributed by atoms with van der Waals surface area (Å²) in [5.74, 6) is 2.22. The molecular weight excluding hydrogens is 344 g/mol. The molecule has 1 aromatic heterocycles. The maximum Gasteiger partial charge on any atom is 0.322 e. The fourth-order valence-electron chi connectivity index (χ4n) is 4.20. The maximum atomic E-state index is 5.51. The number of methoxy groups -OCH3 is 1. The van der Waals surface area contributed by atoms with Crippen LogP contribution < -0.4 is 14.5 Å². The van der Waals surface area contributed by atoms with E-state index in [4.69, 9.17) is 14.5 Å². The molecule has 27 heavy (non-hydrogen) atoms. The molecule has 1 unspecified atom stereocenters. The van der Waals surface area contributed by atoms with E-state index in [2.05, 4.69) is 24.7 Å². The quantitative estimate of drug-likeness (QED) is 0.764. The van der Waals surface area contributed by atoms with Gasteiger partial charge in [0.2, 0.25) is 11.9 Å². The fraction of sp³-hybridized carbons (Fsp3) is 0.842. The van der Waals surface area contributed by atoms with Gasteiger partial charge in [-0.1, -0.05) is 12.8 Å². The topological polar surface area (TPSA) is 66.9 Å². The Morgan fingerprint density at radius 1 is 0.889 bits per heavy atom. The first-order valence-corrected chi connectivity index (χ1v) is 10.4. The molecule has 8 heteroatoms. The van der Waals surface area contributed by atoms with Crippen molar-refractivity contribution in [3.63, 3.8) is 0 Å². The maximum absolute atomic E-state index is 5.51. The van der Waals surface area contributed by atoms with Crippen LogP contribution in [0.5, 0.6) is 6.01 Å². The van der Waals surface area contributed by atoms with Crippen LogP contribution in [0.25, 0.3) is 0 Å². The molecule has 8 nitrogen and oxygen atoms in total. The second-order valence-electron chi connectivity index (χ2n) is 7.84. The van der Waals surface area contributed by atoms with Crippen LogP contribution in [0, 0.1) is 5.92 Å². The molecule has 0 bridgehead atoms. The molecule has 3 aliphatic rings. The third-order valence-electron chi connectivity index (χ3n) is 5.86. The van der Waals surface area contributed by atoms with E-state index in [9.17, 15) is 0 Å². The monoisotopic (exact) mass is 376 g/mol. The van der Waals surface area contributed by atoms with E-state index in [0.29, 0.717) is 11.9 Å². The fourth-order valence-corrected chi connectivity index (χ4v) is 4.20. The van der Waals surface area contributed by atoms with E-state index < -0.39 is 0 Å². The summed E-state index contributed by atoms with van der Waals surface area (Å²) < 4.78 is 10.9. The lowest BCUT2D eigenvalue weighted by Crippen LogP contribution is -2.48. The molecule has 3 saturated heterocycles. The number of piperazine rings is 1. The highest BCUT2D eigenvalue weighted by Gasteiger charge is 2.25. The van der Waals surface area contributed by atoms with Gasteiger partial charge in [-0.2, -0.15) is 15.0 Å². The second-order valence-corrected chi connectivity index (χ2v) is 7.84. The lowest BCUT2D eigenvalue weighted by molar-refractivity contribution is 0.164. The predicted octanol–water partition coefficient (Wildman–Crippen LogP) is 1.42. The van der Waals surface area contributed by atoms with Gasteiger partial charge in [0.15, 0.2) is 0 Å². The number of aromatic nitrogens is 3. The van der Waals surface area contributed by atoms with Crippen molar-refractivity contribution in [1.82, 2.24) is 19.9 Å². The van der Waals surface area contributed by atoms with Gasteiger partial charge in [0.25, 0.3) is 0 Å². The summed E-state index contributed by atoms with van der Waals surface area (Å²) >= 11 is 0. The first-order chi connectivity index (χ1) is 13.3. The van der Waals surface area contributed by atoms with Crippen LogP contribution >= 0.6 is 0 Å². The number of rotatable bonds is 5. The van der Waals surface area contributed by atoms with Gasteiger partial charge in [0.05, 0.1) is 13.7 Å². The minimum atomic E-state index is 0.421. The van der Waals surface area contributed by atoms with Crippen molar-refractivity contribution in [2.75, 3.05) is 75.9 Å². The Hall–Kier alpha value is -1.67. The minimum absolute atomic E-state index is 0.421. The number of ether oxygens (including phenoxy) is 2. The van der Waals surface area contributed by atoms with Gasteiger partial charge < -0.3 is 19.3 Å². The summed E-state index contributed by atoms with van der Waals surface area (Å²) in [6, 6.07) is 0.421. The first kappa shape index (κ1) is 18.7. The van der Waals surface area contributed by atoms with Crippen LogP contribution in [0.3, 0.4) is 0 Å². The smallest absolute Gasteiger partial charge is 0.322 e. The first-order valence-electron chi connectivity index (χ1n) is 10.4. The zero-order chi connectivity index (χ0) is 18.5. The summed E-state index contributed by atoms with van der Waals surface area (Å²) in [6.07, 6.45) is 6.18. The highest BCUT2D eigenvalue weighted by atomic mass is 16.5. The van der Waals surface area contributed by atoms with Gasteiger partial charge in [-0.15, -0.1) is 0 Å². The van der Waals surface area contributed by atoms with Gasteiger partial charge in [0.1, 0.15) is 0 Å². The lowest BCUT2D eigenvalue weighted by atomic mass is 10.1. The Morgan fingerprint density at radius 2 is 1.56 bits per heavy atom. The van der Waals surface area contributed by atoms with Crippen molar-refractivity contribution in [3.05, 3.63) is 0 Å². The molecule has 0 spiro atoms. The van der Waals surface area contributed by atoms with Crippen molar-refractivity contribution in [3.8, 4) is 6.01 Å². The Kier molecular flexibility index (Phi) is 6.24. The zero-order valence-electron chi connectivity index (χ0n) is 16.5. The van der Waals surface area contributed by atoms with Crippen LogP contribution in [0.1, 0.15) is 32.1 Å². The van der Waals surface area contributed by atoms with Crippen molar-refractivity contribution in [1.29, 1.82) is 0 Å². The van der Waals surface area contributed by atoms with Gasteiger partial charge in [-0.3, -0.25) is 4.90 Å². The normalized spacial score (nSPS) is 24.9. The van der Waals surface area contributed by atoms with Crippen molar-refractivity contribution < 1.29 is 9.47 Å². The van der Waals surface area contributed by atoms with Crippen molar-refractivity contribution in [2.45, 2.75) is 32.1 Å². The Bertz CT molecular complexity index is 594. The van der Waals surface area contributed by atoms with Crippen LogP contribution in [-0.4, -0.2) is 86.0 Å². The Morgan fingerprint density at radius 3 is 2.15 bits per heavy atom. The van der Waals surface area contributed by atoms with E-state index >= 15 is 0 Å². The third-order valence-corrected chi connectivity index (χ3v) is 5.86. The molecule has 150 valence electrons. The number of nitrogens with zero attached hydrogens (tertiary/aromatic N) is 6. The van der Waals surface area contributed by atoms with Crippen LogP contribution in [0.4, 0.5) is 11.9 Å². The van der Waals surface area contributed by atoms with Gasteiger partial charge in [0, 0.05) is 52.4 Å². The molecular formula is C19H32N6O2. The molecule has 4 heterocycles. The van der Waals surface area contributed by atoms with Gasteiger partial charge in [-0.25, -0.2) is 0 Å². The average molecular weight is 377 g/mol. The average Bonchev–Trinajstić information content (AvgIpc) is 3.07. The summed E-state index contributed by atoms with van der Waals surface area (Å²) in [4.78, 5) is 21.0. The van der Waals surface area contributed by atoms with E-state index in [1.54, 1.807) is 7.11 Å². The van der Waals surface area contributed by atoms with Crippen LogP contribution in [0.15, 0.2) is 0 Å². The van der Waals surface area contributed by atoms with E-state index in [1.807, 2.05) is 0 Å². The highest BCUT2D eigenvalue weighted by molar-refractivity contribution is 5.41. The minimum Gasteiger partial charge on any atom is -0.467 e. The van der Waals surface area contributed by atoms with Crippen molar-refractivity contribution in [2.24, 2.45) is 5.92 Å². The standard InChI is InChI=1S/C19H32N6O2/c1-26-19-21-17(24-7-4-2-3-5-8-24)20-18(22-19)25-11-9-23(10-12-25)14-16-6-13-27-15-16/h16H,2-15H2,1H3. The predicted molar refractivity (Wildman–Crippen MR) is 105 cm³/mol. The third kappa shape index (κ3) is 4.79. The van der Waals surface area contributed by atoms with Gasteiger partial charge in [-0.05, 0) is 25.2 Å². The summed E-state index contributed by atoms with van der Waals surface area (Å²) in [7, 11) is 1.63. The lowest BCUT2D eigenvalue weighted by Gasteiger charge is -2.36. The summed E-state index contributed by atoms with van der Waals surface area (Å²) in [5.41, 5.74) is 0. The molecule has 0 saturated carbocycles. The highest BCUT2D eigenvalue weighted by Crippen LogP contribution is 2.22. The summed E-state index contributed by atoms with van der Waals surface area (Å²) in [6.45, 7) is 9.01.